The van der Waals surface area contributed by atoms with E-state index in [-0.39, 0.29) is 40.8 Å². The Morgan fingerprint density at radius 3 is 1.50 bits per heavy atom. The van der Waals surface area contributed by atoms with Gasteiger partial charge < -0.3 is 4.90 Å². The number of carbonyl (C=O) groups is 4. The number of carbonyl (C=O) groups excluding carboxylic acids is 4. The SMILES string of the molecule is CCC(C)(CN(CC(C)=O)C(C)(C)CC(C)(C)C(C)=O)CC(C)(C)N(CC(C)=O)C(C)=O. The Hall–Kier alpha value is -1.56. The van der Waals surface area contributed by atoms with Crippen LogP contribution < -0.4 is 0 Å². The van der Waals surface area contributed by atoms with E-state index in [1.54, 1.807) is 18.7 Å². The highest BCUT2D eigenvalue weighted by atomic mass is 16.2. The number of nitrogens with zero attached hydrogens (tertiary/aromatic N) is 2. The molecule has 0 rings (SSSR count). The molecule has 0 bridgehead atoms. The Bertz CT molecular complexity index is 709. The topological polar surface area (TPSA) is 74.8 Å². The molecule has 0 spiro atoms. The van der Waals surface area contributed by atoms with Gasteiger partial charge in [-0.05, 0) is 73.1 Å². The first-order valence-corrected chi connectivity index (χ1v) is 11.7. The zero-order chi connectivity index (χ0) is 25.7. The molecule has 1 unspecified atom stereocenters. The molecular formula is C26H48N2O4. The van der Waals surface area contributed by atoms with Gasteiger partial charge in [-0.3, -0.25) is 24.1 Å². The average molecular weight is 453 g/mol. The molecule has 6 nitrogen and oxygen atoms in total. The van der Waals surface area contributed by atoms with Gasteiger partial charge in [-0.15, -0.1) is 0 Å². The van der Waals surface area contributed by atoms with E-state index in [2.05, 4.69) is 32.6 Å². The molecule has 0 N–H and O–H groups in total. The lowest BCUT2D eigenvalue weighted by Crippen LogP contribution is -2.56. The summed E-state index contributed by atoms with van der Waals surface area (Å²) in [6.45, 7) is 23.7. The lowest BCUT2D eigenvalue weighted by atomic mass is 9.72. The fourth-order valence-electron chi connectivity index (χ4n) is 4.94. The maximum Gasteiger partial charge on any atom is 0.220 e. The van der Waals surface area contributed by atoms with Crippen LogP contribution in [0.15, 0.2) is 0 Å². The van der Waals surface area contributed by atoms with Crippen molar-refractivity contribution in [3.8, 4) is 0 Å². The fourth-order valence-corrected chi connectivity index (χ4v) is 4.94. The normalized spacial score (nSPS) is 14.8. The van der Waals surface area contributed by atoms with Gasteiger partial charge in [0.25, 0.3) is 0 Å². The lowest BCUT2D eigenvalue weighted by molar-refractivity contribution is -0.140. The van der Waals surface area contributed by atoms with Crippen LogP contribution in [0.25, 0.3) is 0 Å². The first kappa shape index (κ1) is 30.4. The van der Waals surface area contributed by atoms with E-state index in [1.807, 2.05) is 27.7 Å². The van der Waals surface area contributed by atoms with Gasteiger partial charge in [0.05, 0.1) is 13.1 Å². The second kappa shape index (κ2) is 11.0. The Labute approximate surface area is 196 Å². The average Bonchev–Trinajstić information content (AvgIpc) is 2.56. The summed E-state index contributed by atoms with van der Waals surface area (Å²) in [5.74, 6) is 0.0532. The minimum Gasteiger partial charge on any atom is -0.330 e. The molecule has 0 fully saturated rings. The number of amides is 1. The molecule has 0 aromatic heterocycles. The molecule has 1 atom stereocenters. The molecule has 0 heterocycles. The third-order valence-electron chi connectivity index (χ3n) is 6.87. The van der Waals surface area contributed by atoms with Crippen molar-refractivity contribution in [2.75, 3.05) is 19.6 Å². The number of hydrogen-bond donors (Lipinski definition) is 0. The monoisotopic (exact) mass is 452 g/mol. The number of hydrogen-bond acceptors (Lipinski definition) is 5. The largest absolute Gasteiger partial charge is 0.330 e. The van der Waals surface area contributed by atoms with E-state index >= 15 is 0 Å². The maximum atomic E-state index is 12.3. The van der Waals surface area contributed by atoms with Crippen LogP contribution in [0.4, 0.5) is 0 Å². The number of rotatable bonds is 14. The second-order valence-corrected chi connectivity index (χ2v) is 11.9. The molecule has 0 aliphatic rings. The fraction of sp³-hybridized carbons (Fsp3) is 0.846. The number of ketones is 3. The van der Waals surface area contributed by atoms with Crippen molar-refractivity contribution in [1.29, 1.82) is 0 Å². The lowest BCUT2D eigenvalue weighted by Gasteiger charge is -2.49. The molecule has 0 aromatic carbocycles. The predicted molar refractivity (Wildman–Crippen MR) is 131 cm³/mol. The molecule has 0 radical (unpaired) electrons. The number of Topliss-reactive ketones (excluding diaryl/α,β-unsaturated/α-hetero) is 3. The van der Waals surface area contributed by atoms with Gasteiger partial charge in [0.15, 0.2) is 0 Å². The Balaban J connectivity index is 6.02. The standard InChI is InChI=1S/C26H48N2O4/c1-13-26(12,17-25(10,11)28(22(5)32)15-20(3)30)18-27(14-19(2)29)24(8,9)16-23(6,7)21(4)31/h13-18H2,1-12H3. The van der Waals surface area contributed by atoms with Gasteiger partial charge in [0, 0.05) is 30.0 Å². The smallest absolute Gasteiger partial charge is 0.220 e. The first-order chi connectivity index (χ1) is 14.2. The van der Waals surface area contributed by atoms with Crippen LogP contribution in [-0.4, -0.2) is 63.8 Å². The van der Waals surface area contributed by atoms with Crippen molar-refractivity contribution in [1.82, 2.24) is 9.80 Å². The Kier molecular flexibility index (Phi) is 10.5. The summed E-state index contributed by atoms with van der Waals surface area (Å²) >= 11 is 0. The van der Waals surface area contributed by atoms with Gasteiger partial charge in [-0.25, -0.2) is 0 Å². The van der Waals surface area contributed by atoms with E-state index in [9.17, 15) is 19.2 Å². The van der Waals surface area contributed by atoms with Crippen molar-refractivity contribution >= 4 is 23.3 Å². The minimum absolute atomic E-state index is 0.0442. The van der Waals surface area contributed by atoms with Gasteiger partial charge in [-0.1, -0.05) is 27.7 Å². The molecular weight excluding hydrogens is 404 g/mol. The van der Waals surface area contributed by atoms with Crippen LogP contribution in [0.3, 0.4) is 0 Å². The van der Waals surface area contributed by atoms with Crippen molar-refractivity contribution < 1.29 is 19.2 Å². The summed E-state index contributed by atoms with van der Waals surface area (Å²) in [4.78, 5) is 52.4. The molecule has 0 aliphatic carbocycles. The zero-order valence-corrected chi connectivity index (χ0v) is 22.8. The molecule has 0 aromatic rings. The van der Waals surface area contributed by atoms with Crippen LogP contribution in [0.1, 0.15) is 102 Å². The van der Waals surface area contributed by atoms with Crippen molar-refractivity contribution in [3.05, 3.63) is 0 Å². The second-order valence-electron chi connectivity index (χ2n) is 11.9. The third-order valence-corrected chi connectivity index (χ3v) is 6.87. The van der Waals surface area contributed by atoms with Crippen LogP contribution in [-0.2, 0) is 19.2 Å². The summed E-state index contributed by atoms with van der Waals surface area (Å²) in [6.07, 6.45) is 2.17. The van der Waals surface area contributed by atoms with Gasteiger partial charge >= 0.3 is 0 Å². The highest BCUT2D eigenvalue weighted by Gasteiger charge is 2.42. The van der Waals surface area contributed by atoms with Crippen molar-refractivity contribution in [2.24, 2.45) is 10.8 Å². The Morgan fingerprint density at radius 2 is 1.16 bits per heavy atom. The van der Waals surface area contributed by atoms with E-state index in [4.69, 9.17) is 0 Å². The quantitative estimate of drug-likeness (QED) is 0.382. The highest BCUT2D eigenvalue weighted by molar-refractivity contribution is 5.84. The highest BCUT2D eigenvalue weighted by Crippen LogP contribution is 2.39. The van der Waals surface area contributed by atoms with Crippen LogP contribution in [0.2, 0.25) is 0 Å². The van der Waals surface area contributed by atoms with Crippen LogP contribution in [0.5, 0.6) is 0 Å². The van der Waals surface area contributed by atoms with Crippen LogP contribution in [0, 0.1) is 10.8 Å². The van der Waals surface area contributed by atoms with Gasteiger partial charge in [0.2, 0.25) is 5.91 Å². The Morgan fingerprint density at radius 1 is 0.688 bits per heavy atom. The molecule has 186 valence electrons. The van der Waals surface area contributed by atoms with Crippen molar-refractivity contribution in [3.63, 3.8) is 0 Å². The van der Waals surface area contributed by atoms with Crippen molar-refractivity contribution in [2.45, 2.75) is 113 Å². The maximum absolute atomic E-state index is 12.3. The zero-order valence-electron chi connectivity index (χ0n) is 22.8. The molecule has 32 heavy (non-hydrogen) atoms. The molecule has 0 saturated heterocycles. The molecule has 1 amide bonds. The molecule has 0 aliphatic heterocycles. The summed E-state index contributed by atoms with van der Waals surface area (Å²) < 4.78 is 0. The van der Waals surface area contributed by atoms with Gasteiger partial charge in [0.1, 0.15) is 17.3 Å². The van der Waals surface area contributed by atoms with Crippen LogP contribution >= 0.6 is 0 Å². The van der Waals surface area contributed by atoms with E-state index in [1.165, 1.54) is 13.8 Å². The molecule has 0 saturated carbocycles. The minimum atomic E-state index is -0.521. The third kappa shape index (κ3) is 9.13. The first-order valence-electron chi connectivity index (χ1n) is 11.7. The summed E-state index contributed by atoms with van der Waals surface area (Å²) in [5.41, 5.74) is -1.59. The van der Waals surface area contributed by atoms with E-state index < -0.39 is 11.0 Å². The summed E-state index contributed by atoms with van der Waals surface area (Å²) in [7, 11) is 0. The molecule has 6 heteroatoms. The van der Waals surface area contributed by atoms with Gasteiger partial charge in [-0.2, -0.15) is 0 Å². The predicted octanol–water partition coefficient (Wildman–Crippen LogP) is 4.68. The summed E-state index contributed by atoms with van der Waals surface area (Å²) in [5, 5.41) is 0. The van der Waals surface area contributed by atoms with E-state index in [0.717, 1.165) is 6.42 Å². The summed E-state index contributed by atoms with van der Waals surface area (Å²) in [6, 6.07) is 0. The van der Waals surface area contributed by atoms with E-state index in [0.29, 0.717) is 25.9 Å².